The molecule has 1 aromatic carbocycles. The maximum Gasteiger partial charge on any atom is 0.125 e. The lowest BCUT2D eigenvalue weighted by Gasteiger charge is -2.13. The van der Waals surface area contributed by atoms with E-state index in [0.29, 0.717) is 13.0 Å². The SMILES string of the molecule is CNCc1cc(C)c(OCCCC#N)c(C)c1. The molecule has 3 nitrogen and oxygen atoms in total. The van der Waals surface area contributed by atoms with E-state index in [1.165, 1.54) is 5.56 Å². The van der Waals surface area contributed by atoms with Crippen molar-refractivity contribution in [3.05, 3.63) is 28.8 Å². The van der Waals surface area contributed by atoms with E-state index in [9.17, 15) is 0 Å². The quantitative estimate of drug-likeness (QED) is 0.767. The summed E-state index contributed by atoms with van der Waals surface area (Å²) < 4.78 is 5.73. The first-order valence-electron chi connectivity index (χ1n) is 5.93. The number of hydrogen-bond donors (Lipinski definition) is 1. The zero-order valence-electron chi connectivity index (χ0n) is 10.8. The highest BCUT2D eigenvalue weighted by Crippen LogP contribution is 2.25. The third-order valence-corrected chi connectivity index (χ3v) is 2.58. The first kappa shape index (κ1) is 13.5. The molecular weight excluding hydrogens is 212 g/mol. The van der Waals surface area contributed by atoms with Crippen LogP contribution < -0.4 is 10.1 Å². The molecular formula is C14H20N2O. The summed E-state index contributed by atoms with van der Waals surface area (Å²) in [4.78, 5) is 0. The minimum absolute atomic E-state index is 0.552. The molecule has 1 rings (SSSR count). The predicted molar refractivity (Wildman–Crippen MR) is 69.0 cm³/mol. The van der Waals surface area contributed by atoms with Crippen LogP contribution in [0.4, 0.5) is 0 Å². The van der Waals surface area contributed by atoms with Crippen molar-refractivity contribution in [3.8, 4) is 11.8 Å². The Morgan fingerprint density at radius 3 is 2.47 bits per heavy atom. The maximum atomic E-state index is 8.46. The average Bonchev–Trinajstić information content (AvgIpc) is 2.27. The van der Waals surface area contributed by atoms with Gasteiger partial charge >= 0.3 is 0 Å². The molecule has 0 spiro atoms. The second kappa shape index (κ2) is 6.93. The summed E-state index contributed by atoms with van der Waals surface area (Å²) in [7, 11) is 1.94. The Morgan fingerprint density at radius 1 is 1.29 bits per heavy atom. The maximum absolute atomic E-state index is 8.46. The van der Waals surface area contributed by atoms with Crippen LogP contribution >= 0.6 is 0 Å². The molecule has 0 amide bonds. The Balaban J connectivity index is 2.69. The molecule has 0 atom stereocenters. The van der Waals surface area contributed by atoms with Crippen molar-refractivity contribution in [1.29, 1.82) is 5.26 Å². The molecule has 0 saturated carbocycles. The van der Waals surface area contributed by atoms with Crippen LogP contribution in [0.5, 0.6) is 5.75 Å². The fourth-order valence-electron chi connectivity index (χ4n) is 1.90. The highest BCUT2D eigenvalue weighted by atomic mass is 16.5. The Kier molecular flexibility index (Phi) is 5.51. The number of aryl methyl sites for hydroxylation is 2. The summed E-state index contributed by atoms with van der Waals surface area (Å²) in [6, 6.07) is 6.40. The van der Waals surface area contributed by atoms with Crippen molar-refractivity contribution in [3.63, 3.8) is 0 Å². The molecule has 0 aromatic heterocycles. The average molecular weight is 232 g/mol. The van der Waals surface area contributed by atoms with E-state index in [4.69, 9.17) is 10.00 Å². The van der Waals surface area contributed by atoms with Crippen molar-refractivity contribution >= 4 is 0 Å². The molecule has 0 aliphatic carbocycles. The largest absolute Gasteiger partial charge is 0.493 e. The molecule has 0 saturated heterocycles. The fraction of sp³-hybridized carbons (Fsp3) is 0.500. The Hall–Kier alpha value is -1.53. The third kappa shape index (κ3) is 4.08. The standard InChI is InChI=1S/C14H20N2O/c1-11-8-13(10-16-3)9-12(2)14(11)17-7-5-4-6-15/h8-9,16H,4-5,7,10H2,1-3H3. The van der Waals surface area contributed by atoms with Crippen LogP contribution in [-0.2, 0) is 6.54 Å². The Labute approximate surface area is 103 Å². The molecule has 1 N–H and O–H groups in total. The van der Waals surface area contributed by atoms with Crippen LogP contribution in [0, 0.1) is 25.2 Å². The molecule has 17 heavy (non-hydrogen) atoms. The first-order chi connectivity index (χ1) is 8.19. The van der Waals surface area contributed by atoms with Crippen LogP contribution in [-0.4, -0.2) is 13.7 Å². The second-order valence-electron chi connectivity index (χ2n) is 4.20. The normalized spacial score (nSPS) is 10.0. The van der Waals surface area contributed by atoms with Crippen molar-refractivity contribution < 1.29 is 4.74 Å². The van der Waals surface area contributed by atoms with Gasteiger partial charge in [0.05, 0.1) is 12.7 Å². The lowest BCUT2D eigenvalue weighted by Crippen LogP contribution is -2.07. The van der Waals surface area contributed by atoms with E-state index in [0.717, 1.165) is 29.8 Å². The van der Waals surface area contributed by atoms with Crippen molar-refractivity contribution in [2.75, 3.05) is 13.7 Å². The van der Waals surface area contributed by atoms with Crippen molar-refractivity contribution in [2.45, 2.75) is 33.2 Å². The third-order valence-electron chi connectivity index (χ3n) is 2.58. The van der Waals surface area contributed by atoms with Crippen molar-refractivity contribution in [1.82, 2.24) is 5.32 Å². The molecule has 0 bridgehead atoms. The monoisotopic (exact) mass is 232 g/mol. The highest BCUT2D eigenvalue weighted by Gasteiger charge is 2.06. The highest BCUT2D eigenvalue weighted by molar-refractivity contribution is 5.43. The van der Waals surface area contributed by atoms with Crippen LogP contribution in [0.1, 0.15) is 29.5 Å². The van der Waals surface area contributed by atoms with E-state index in [1.54, 1.807) is 0 Å². The van der Waals surface area contributed by atoms with Gasteiger partial charge in [-0.2, -0.15) is 5.26 Å². The Bertz CT molecular complexity index is 384. The lowest BCUT2D eigenvalue weighted by atomic mass is 10.1. The predicted octanol–water partition coefficient (Wildman–Crippen LogP) is 2.71. The van der Waals surface area contributed by atoms with Gasteiger partial charge in [-0.1, -0.05) is 12.1 Å². The van der Waals surface area contributed by atoms with Gasteiger partial charge in [0.25, 0.3) is 0 Å². The Morgan fingerprint density at radius 2 is 1.94 bits per heavy atom. The summed E-state index contributed by atoms with van der Waals surface area (Å²) in [6.07, 6.45) is 1.34. The first-order valence-corrected chi connectivity index (χ1v) is 5.93. The number of nitriles is 1. The number of ether oxygens (including phenoxy) is 1. The molecule has 0 heterocycles. The van der Waals surface area contributed by atoms with E-state index < -0.39 is 0 Å². The number of benzene rings is 1. The van der Waals surface area contributed by atoms with E-state index in [-0.39, 0.29) is 0 Å². The van der Waals surface area contributed by atoms with Gasteiger partial charge in [0.1, 0.15) is 5.75 Å². The zero-order chi connectivity index (χ0) is 12.7. The molecule has 1 aromatic rings. The number of nitrogens with one attached hydrogen (secondary N) is 1. The number of hydrogen-bond acceptors (Lipinski definition) is 3. The number of unbranched alkanes of at least 4 members (excludes halogenated alkanes) is 1. The molecule has 0 unspecified atom stereocenters. The smallest absolute Gasteiger partial charge is 0.125 e. The van der Waals surface area contributed by atoms with Crippen LogP contribution in [0.25, 0.3) is 0 Å². The van der Waals surface area contributed by atoms with Gasteiger partial charge in [-0.3, -0.25) is 0 Å². The lowest BCUT2D eigenvalue weighted by molar-refractivity contribution is 0.308. The van der Waals surface area contributed by atoms with E-state index in [2.05, 4.69) is 37.4 Å². The number of nitrogens with zero attached hydrogens (tertiary/aromatic N) is 1. The molecule has 3 heteroatoms. The van der Waals surface area contributed by atoms with Gasteiger partial charge in [-0.25, -0.2) is 0 Å². The molecule has 0 aliphatic rings. The topological polar surface area (TPSA) is 45.0 Å². The summed E-state index contributed by atoms with van der Waals surface area (Å²) in [5.74, 6) is 0.961. The minimum Gasteiger partial charge on any atom is -0.493 e. The van der Waals surface area contributed by atoms with Gasteiger partial charge in [-0.15, -0.1) is 0 Å². The van der Waals surface area contributed by atoms with Gasteiger partial charge < -0.3 is 10.1 Å². The second-order valence-corrected chi connectivity index (χ2v) is 4.20. The molecule has 0 aliphatic heterocycles. The van der Waals surface area contributed by atoms with Gasteiger partial charge in [0, 0.05) is 13.0 Å². The molecule has 0 fully saturated rings. The van der Waals surface area contributed by atoms with Gasteiger partial charge in [-0.05, 0) is 44.0 Å². The van der Waals surface area contributed by atoms with Crippen LogP contribution in [0.2, 0.25) is 0 Å². The summed E-state index contributed by atoms with van der Waals surface area (Å²) in [5, 5.41) is 11.6. The zero-order valence-corrected chi connectivity index (χ0v) is 10.8. The molecule has 92 valence electrons. The summed E-state index contributed by atoms with van der Waals surface area (Å²) >= 11 is 0. The van der Waals surface area contributed by atoms with Gasteiger partial charge in [0.2, 0.25) is 0 Å². The minimum atomic E-state index is 0.552. The number of rotatable bonds is 6. The van der Waals surface area contributed by atoms with E-state index >= 15 is 0 Å². The van der Waals surface area contributed by atoms with Crippen LogP contribution in [0.15, 0.2) is 12.1 Å². The summed E-state index contributed by atoms with van der Waals surface area (Å²) in [6.45, 7) is 5.61. The van der Waals surface area contributed by atoms with Crippen molar-refractivity contribution in [2.24, 2.45) is 0 Å². The van der Waals surface area contributed by atoms with Crippen LogP contribution in [0.3, 0.4) is 0 Å². The summed E-state index contributed by atoms with van der Waals surface area (Å²) in [5.41, 5.74) is 3.59. The van der Waals surface area contributed by atoms with Gasteiger partial charge in [0.15, 0.2) is 0 Å². The fourth-order valence-corrected chi connectivity index (χ4v) is 1.90. The molecule has 0 radical (unpaired) electrons. The van der Waals surface area contributed by atoms with E-state index in [1.807, 2.05) is 7.05 Å².